The van der Waals surface area contributed by atoms with Gasteiger partial charge in [0.2, 0.25) is 0 Å². The molecule has 0 saturated carbocycles. The molecule has 0 aliphatic rings. The highest BCUT2D eigenvalue weighted by atomic mass is 32.1. The first kappa shape index (κ1) is 14.9. The number of carbonyl (C=O) groups excluding carboxylic acids is 1. The van der Waals surface area contributed by atoms with Crippen LogP contribution in [0.5, 0.6) is 0 Å². The Hall–Kier alpha value is -3.00. The van der Waals surface area contributed by atoms with Gasteiger partial charge < -0.3 is 5.11 Å². The molecule has 8 heteroatoms. The van der Waals surface area contributed by atoms with E-state index in [1.54, 1.807) is 29.7 Å². The molecule has 0 spiro atoms. The van der Waals surface area contributed by atoms with E-state index in [0.29, 0.717) is 17.0 Å². The molecule has 2 heterocycles. The minimum absolute atomic E-state index is 0.195. The summed E-state index contributed by atoms with van der Waals surface area (Å²) < 4.78 is 1.71. The molecule has 1 aromatic carbocycles. The average Bonchev–Trinajstić information content (AvgIpc) is 3.07. The number of nitrogens with zero attached hydrogens (tertiary/aromatic N) is 3. The third-order valence-corrected chi connectivity index (χ3v) is 3.95. The number of amides is 1. The van der Waals surface area contributed by atoms with E-state index in [2.05, 4.69) is 15.5 Å². The molecule has 0 bridgehead atoms. The average molecular weight is 328 g/mol. The molecule has 3 aromatic rings. The topological polar surface area (TPSA) is 96.1 Å². The number of aryl methyl sites for hydroxylation is 1. The van der Waals surface area contributed by atoms with Crippen LogP contribution in [0.4, 0.5) is 0 Å². The zero-order valence-corrected chi connectivity index (χ0v) is 12.9. The van der Waals surface area contributed by atoms with Gasteiger partial charge in [-0.2, -0.15) is 5.10 Å². The molecule has 23 heavy (non-hydrogen) atoms. The lowest BCUT2D eigenvalue weighted by molar-refractivity contribution is 0.0696. The van der Waals surface area contributed by atoms with Crippen LogP contribution in [0.25, 0.3) is 4.96 Å². The number of nitrogens with one attached hydrogen (secondary N) is 1. The number of hydrogen-bond donors (Lipinski definition) is 2. The molecule has 0 saturated heterocycles. The summed E-state index contributed by atoms with van der Waals surface area (Å²) in [4.78, 5) is 28.0. The van der Waals surface area contributed by atoms with Crippen LogP contribution < -0.4 is 5.43 Å². The number of aromatic nitrogens is 2. The number of thiazole rings is 1. The van der Waals surface area contributed by atoms with Crippen LogP contribution >= 0.6 is 11.3 Å². The maximum Gasteiger partial charge on any atom is 0.335 e. The van der Waals surface area contributed by atoms with Crippen LogP contribution in [0.2, 0.25) is 0 Å². The van der Waals surface area contributed by atoms with Crippen molar-refractivity contribution in [3.63, 3.8) is 0 Å². The van der Waals surface area contributed by atoms with Gasteiger partial charge in [0.25, 0.3) is 5.91 Å². The number of aromatic carboxylic acids is 1. The van der Waals surface area contributed by atoms with Crippen molar-refractivity contribution in [3.8, 4) is 0 Å². The summed E-state index contributed by atoms with van der Waals surface area (Å²) in [5.74, 6) is -1.34. The lowest BCUT2D eigenvalue weighted by Crippen LogP contribution is -2.20. The monoisotopic (exact) mass is 328 g/mol. The van der Waals surface area contributed by atoms with Crippen molar-refractivity contribution in [1.82, 2.24) is 14.8 Å². The Morgan fingerprint density at radius 3 is 2.78 bits per heavy atom. The summed E-state index contributed by atoms with van der Waals surface area (Å²) in [6, 6.07) is 6.17. The van der Waals surface area contributed by atoms with Gasteiger partial charge in [-0.25, -0.2) is 15.2 Å². The van der Waals surface area contributed by atoms with Gasteiger partial charge in [-0.3, -0.25) is 9.20 Å². The number of benzene rings is 1. The van der Waals surface area contributed by atoms with E-state index in [9.17, 15) is 9.59 Å². The fourth-order valence-electron chi connectivity index (χ4n) is 2.10. The van der Waals surface area contributed by atoms with E-state index in [1.165, 1.54) is 29.7 Å². The molecule has 1 amide bonds. The van der Waals surface area contributed by atoms with E-state index >= 15 is 0 Å². The van der Waals surface area contributed by atoms with Crippen molar-refractivity contribution in [2.45, 2.75) is 6.92 Å². The van der Waals surface area contributed by atoms with Gasteiger partial charge in [-0.1, -0.05) is 12.1 Å². The molecule has 0 aliphatic heterocycles. The van der Waals surface area contributed by atoms with E-state index in [1.807, 2.05) is 5.38 Å². The van der Waals surface area contributed by atoms with Gasteiger partial charge in [0.1, 0.15) is 5.69 Å². The SMILES string of the molecule is Cc1nc2sccn2c1C(=O)N/N=C/c1ccc(C(=O)O)cc1. The molecule has 2 aromatic heterocycles. The number of carbonyl (C=O) groups is 2. The van der Waals surface area contributed by atoms with Crippen molar-refractivity contribution >= 4 is 34.4 Å². The van der Waals surface area contributed by atoms with Gasteiger partial charge >= 0.3 is 5.97 Å². The van der Waals surface area contributed by atoms with Crippen LogP contribution in [0, 0.1) is 6.92 Å². The number of imidazole rings is 1. The zero-order valence-electron chi connectivity index (χ0n) is 12.1. The molecule has 7 nitrogen and oxygen atoms in total. The standard InChI is InChI=1S/C15H12N4O3S/c1-9-12(19-6-7-23-15(19)17-9)13(20)18-16-8-10-2-4-11(5-3-10)14(21)22/h2-8H,1H3,(H,18,20)(H,21,22)/b16-8+. The quantitative estimate of drug-likeness (QED) is 0.566. The van der Waals surface area contributed by atoms with Gasteiger partial charge in [0, 0.05) is 11.6 Å². The number of carboxylic acid groups (broad SMARTS) is 1. The summed E-state index contributed by atoms with van der Waals surface area (Å²) in [6.45, 7) is 1.77. The van der Waals surface area contributed by atoms with Crippen LogP contribution in [-0.4, -0.2) is 32.6 Å². The molecular weight excluding hydrogens is 316 g/mol. The van der Waals surface area contributed by atoms with E-state index in [0.717, 1.165) is 4.96 Å². The number of hydrazone groups is 1. The van der Waals surface area contributed by atoms with Gasteiger partial charge in [-0.05, 0) is 24.6 Å². The molecule has 3 rings (SSSR count). The Bertz CT molecular complexity index is 909. The number of rotatable bonds is 4. The molecule has 0 aliphatic carbocycles. The lowest BCUT2D eigenvalue weighted by Gasteiger charge is -2.00. The van der Waals surface area contributed by atoms with Gasteiger partial charge in [-0.15, -0.1) is 11.3 Å². The first-order valence-corrected chi connectivity index (χ1v) is 7.53. The predicted molar refractivity (Wildman–Crippen MR) is 86.3 cm³/mol. The highest BCUT2D eigenvalue weighted by molar-refractivity contribution is 7.15. The highest BCUT2D eigenvalue weighted by Gasteiger charge is 2.16. The second-order valence-corrected chi connectivity index (χ2v) is 5.60. The Balaban J connectivity index is 1.72. The largest absolute Gasteiger partial charge is 0.478 e. The maximum atomic E-state index is 12.2. The van der Waals surface area contributed by atoms with E-state index in [-0.39, 0.29) is 11.5 Å². The van der Waals surface area contributed by atoms with E-state index in [4.69, 9.17) is 5.11 Å². The molecule has 2 N–H and O–H groups in total. The Labute approximate surface area is 134 Å². The smallest absolute Gasteiger partial charge is 0.335 e. The number of carboxylic acids is 1. The molecule has 0 unspecified atom stereocenters. The summed E-state index contributed by atoms with van der Waals surface area (Å²) in [5.41, 5.74) is 4.41. The minimum Gasteiger partial charge on any atom is -0.478 e. The maximum absolute atomic E-state index is 12.2. The summed E-state index contributed by atoms with van der Waals surface area (Å²) in [5, 5.41) is 14.6. The van der Waals surface area contributed by atoms with Crippen molar-refractivity contribution in [2.75, 3.05) is 0 Å². The Morgan fingerprint density at radius 1 is 1.35 bits per heavy atom. The van der Waals surface area contributed by atoms with Crippen molar-refractivity contribution in [2.24, 2.45) is 5.10 Å². The Morgan fingerprint density at radius 2 is 2.09 bits per heavy atom. The third-order valence-electron chi connectivity index (χ3n) is 3.19. The second kappa shape index (κ2) is 6.01. The highest BCUT2D eigenvalue weighted by Crippen LogP contribution is 2.16. The number of hydrogen-bond acceptors (Lipinski definition) is 5. The number of fused-ring (bicyclic) bond motifs is 1. The van der Waals surface area contributed by atoms with Crippen LogP contribution in [0.15, 0.2) is 40.9 Å². The fraction of sp³-hybridized carbons (Fsp3) is 0.0667. The van der Waals surface area contributed by atoms with Crippen molar-refractivity contribution in [1.29, 1.82) is 0 Å². The fourth-order valence-corrected chi connectivity index (χ4v) is 2.86. The summed E-state index contributed by atoms with van der Waals surface area (Å²) in [6.07, 6.45) is 3.23. The molecular formula is C15H12N4O3S. The Kier molecular flexibility index (Phi) is 3.90. The lowest BCUT2D eigenvalue weighted by atomic mass is 10.1. The van der Waals surface area contributed by atoms with E-state index < -0.39 is 5.97 Å². The first-order valence-electron chi connectivity index (χ1n) is 6.65. The molecule has 116 valence electrons. The minimum atomic E-state index is -0.988. The summed E-state index contributed by atoms with van der Waals surface area (Å²) >= 11 is 1.45. The molecule has 0 atom stereocenters. The first-order chi connectivity index (χ1) is 11.1. The van der Waals surface area contributed by atoms with Crippen LogP contribution in [0.3, 0.4) is 0 Å². The van der Waals surface area contributed by atoms with Crippen LogP contribution in [-0.2, 0) is 0 Å². The normalized spacial score (nSPS) is 11.2. The third kappa shape index (κ3) is 2.97. The molecule has 0 radical (unpaired) electrons. The zero-order chi connectivity index (χ0) is 16.4. The van der Waals surface area contributed by atoms with Crippen molar-refractivity contribution in [3.05, 3.63) is 58.4 Å². The van der Waals surface area contributed by atoms with Gasteiger partial charge in [0.05, 0.1) is 17.5 Å². The van der Waals surface area contributed by atoms with Gasteiger partial charge in [0.15, 0.2) is 4.96 Å². The summed E-state index contributed by atoms with van der Waals surface area (Å²) in [7, 11) is 0. The predicted octanol–water partition coefficient (Wildman–Crippen LogP) is 2.17. The second-order valence-electron chi connectivity index (χ2n) is 4.73. The van der Waals surface area contributed by atoms with Crippen LogP contribution in [0.1, 0.15) is 32.1 Å². The van der Waals surface area contributed by atoms with Crippen molar-refractivity contribution < 1.29 is 14.7 Å². The molecule has 0 fully saturated rings.